The fourth-order valence-electron chi connectivity index (χ4n) is 2.07. The van der Waals surface area contributed by atoms with Gasteiger partial charge < -0.3 is 10.5 Å². The summed E-state index contributed by atoms with van der Waals surface area (Å²) in [4.78, 5) is 36.7. The number of amides is 3. The maximum absolute atomic E-state index is 12.4. The molecule has 1 aromatic carbocycles. The van der Waals surface area contributed by atoms with E-state index in [4.69, 9.17) is 22.1 Å². The number of hydrogen-bond acceptors (Lipinski definition) is 5. The van der Waals surface area contributed by atoms with Gasteiger partial charge in [0.05, 0.1) is 9.93 Å². The molecule has 0 spiro atoms. The summed E-state index contributed by atoms with van der Waals surface area (Å²) in [7, 11) is 0. The van der Waals surface area contributed by atoms with E-state index < -0.39 is 5.91 Å². The number of ether oxygens (including phenoxy) is 1. The number of primary amides is 1. The van der Waals surface area contributed by atoms with E-state index in [1.165, 1.54) is 4.90 Å². The van der Waals surface area contributed by atoms with E-state index in [-0.39, 0.29) is 28.8 Å². The van der Waals surface area contributed by atoms with Crippen molar-refractivity contribution in [3.8, 4) is 5.75 Å². The third-order valence-corrected chi connectivity index (χ3v) is 4.66. The van der Waals surface area contributed by atoms with Gasteiger partial charge in [-0.05, 0) is 48.9 Å². The number of nitrogens with two attached hydrogens (primary N) is 1. The summed E-state index contributed by atoms with van der Waals surface area (Å²) >= 11 is 7.00. The van der Waals surface area contributed by atoms with Gasteiger partial charge >= 0.3 is 0 Å². The molecule has 8 heteroatoms. The van der Waals surface area contributed by atoms with E-state index >= 15 is 0 Å². The highest BCUT2D eigenvalue weighted by Gasteiger charge is 2.37. The predicted octanol–water partition coefficient (Wildman–Crippen LogP) is 3.04. The number of hydrogen-bond donors (Lipinski definition) is 1. The van der Waals surface area contributed by atoms with Crippen LogP contribution in [0.3, 0.4) is 0 Å². The molecule has 1 saturated heterocycles. The zero-order valence-corrected chi connectivity index (χ0v) is 14.8. The molecular formula is C16H17ClN2O4S. The standard InChI is InChI=1S/C16H17ClN2O4S/c1-3-9(2)19-15(21)13(24-16(19)22)7-10-4-5-12(11(17)6-10)23-8-14(18)20/h4-7,9H,3,8H2,1-2H3,(H2,18,20). The molecule has 3 amide bonds. The van der Waals surface area contributed by atoms with Crippen LogP contribution in [0.2, 0.25) is 5.02 Å². The van der Waals surface area contributed by atoms with Crippen molar-refractivity contribution in [2.45, 2.75) is 26.3 Å². The lowest BCUT2D eigenvalue weighted by Crippen LogP contribution is -2.36. The molecule has 128 valence electrons. The van der Waals surface area contributed by atoms with Gasteiger partial charge in [-0.1, -0.05) is 24.6 Å². The van der Waals surface area contributed by atoms with Gasteiger partial charge in [-0.3, -0.25) is 19.3 Å². The molecule has 1 heterocycles. The van der Waals surface area contributed by atoms with Crippen molar-refractivity contribution in [2.75, 3.05) is 6.61 Å². The Morgan fingerprint density at radius 2 is 2.17 bits per heavy atom. The van der Waals surface area contributed by atoms with Crippen molar-refractivity contribution in [3.63, 3.8) is 0 Å². The van der Waals surface area contributed by atoms with Crippen LogP contribution in [0, 0.1) is 0 Å². The second-order valence-electron chi connectivity index (χ2n) is 5.25. The number of thioether (sulfide) groups is 1. The molecular weight excluding hydrogens is 352 g/mol. The second kappa shape index (κ2) is 7.72. The van der Waals surface area contributed by atoms with Crippen LogP contribution in [-0.2, 0) is 9.59 Å². The minimum atomic E-state index is -0.603. The lowest BCUT2D eigenvalue weighted by molar-refractivity contribution is -0.124. The van der Waals surface area contributed by atoms with E-state index in [9.17, 15) is 14.4 Å². The van der Waals surface area contributed by atoms with Crippen molar-refractivity contribution in [1.29, 1.82) is 0 Å². The van der Waals surface area contributed by atoms with Crippen LogP contribution in [0.4, 0.5) is 4.79 Å². The summed E-state index contributed by atoms with van der Waals surface area (Å²) in [6.45, 7) is 3.48. The summed E-state index contributed by atoms with van der Waals surface area (Å²) in [6, 6.07) is 4.71. The Labute approximate surface area is 149 Å². The highest BCUT2D eigenvalue weighted by Crippen LogP contribution is 2.35. The fourth-order valence-corrected chi connectivity index (χ4v) is 3.24. The number of imide groups is 1. The quantitative estimate of drug-likeness (QED) is 0.779. The minimum absolute atomic E-state index is 0.142. The molecule has 1 aromatic rings. The summed E-state index contributed by atoms with van der Waals surface area (Å²) in [5.74, 6) is -0.585. The maximum atomic E-state index is 12.4. The number of benzene rings is 1. The van der Waals surface area contributed by atoms with E-state index in [0.717, 1.165) is 11.8 Å². The first kappa shape index (κ1) is 18.4. The van der Waals surface area contributed by atoms with Crippen molar-refractivity contribution in [3.05, 3.63) is 33.7 Å². The fraction of sp³-hybridized carbons (Fsp3) is 0.312. The highest BCUT2D eigenvalue weighted by molar-refractivity contribution is 8.18. The summed E-state index contributed by atoms with van der Waals surface area (Å²) in [6.07, 6.45) is 2.31. The van der Waals surface area contributed by atoms with Gasteiger partial charge in [-0.2, -0.15) is 0 Å². The first-order valence-electron chi connectivity index (χ1n) is 7.31. The average Bonchev–Trinajstić information content (AvgIpc) is 2.79. The molecule has 24 heavy (non-hydrogen) atoms. The van der Waals surface area contributed by atoms with Gasteiger partial charge in [0.15, 0.2) is 6.61 Å². The summed E-state index contributed by atoms with van der Waals surface area (Å²) in [5, 5.41) is 0.0132. The lowest BCUT2D eigenvalue weighted by Gasteiger charge is -2.19. The van der Waals surface area contributed by atoms with E-state index in [1.54, 1.807) is 24.3 Å². The van der Waals surface area contributed by atoms with Crippen LogP contribution in [0.15, 0.2) is 23.1 Å². The highest BCUT2D eigenvalue weighted by atomic mass is 35.5. The van der Waals surface area contributed by atoms with Gasteiger partial charge in [-0.15, -0.1) is 0 Å². The van der Waals surface area contributed by atoms with Crippen LogP contribution >= 0.6 is 23.4 Å². The minimum Gasteiger partial charge on any atom is -0.482 e. The summed E-state index contributed by atoms with van der Waals surface area (Å²) < 4.78 is 5.16. The van der Waals surface area contributed by atoms with E-state index in [1.807, 2.05) is 13.8 Å². The van der Waals surface area contributed by atoms with Gasteiger partial charge in [0.25, 0.3) is 17.1 Å². The van der Waals surface area contributed by atoms with E-state index in [2.05, 4.69) is 0 Å². The van der Waals surface area contributed by atoms with Crippen LogP contribution in [0.1, 0.15) is 25.8 Å². The zero-order valence-electron chi connectivity index (χ0n) is 13.2. The van der Waals surface area contributed by atoms with Crippen LogP contribution in [-0.4, -0.2) is 34.6 Å². The molecule has 1 aliphatic rings. The van der Waals surface area contributed by atoms with Gasteiger partial charge in [0.1, 0.15) is 5.75 Å². The lowest BCUT2D eigenvalue weighted by atomic mass is 10.2. The first-order valence-corrected chi connectivity index (χ1v) is 8.50. The molecule has 1 unspecified atom stereocenters. The Kier molecular flexibility index (Phi) is 5.90. The van der Waals surface area contributed by atoms with Crippen molar-refractivity contribution in [2.24, 2.45) is 5.73 Å². The molecule has 1 aliphatic heterocycles. The first-order chi connectivity index (χ1) is 11.3. The Balaban J connectivity index is 2.20. The van der Waals surface area contributed by atoms with Gasteiger partial charge in [-0.25, -0.2) is 0 Å². The largest absolute Gasteiger partial charge is 0.482 e. The van der Waals surface area contributed by atoms with Crippen molar-refractivity contribution < 1.29 is 19.1 Å². The number of carbonyl (C=O) groups excluding carboxylic acids is 3. The zero-order chi connectivity index (χ0) is 17.9. The number of halogens is 1. The molecule has 1 atom stereocenters. The molecule has 0 bridgehead atoms. The molecule has 0 aromatic heterocycles. The maximum Gasteiger partial charge on any atom is 0.293 e. The Morgan fingerprint density at radius 1 is 1.46 bits per heavy atom. The monoisotopic (exact) mass is 368 g/mol. The molecule has 0 aliphatic carbocycles. The summed E-state index contributed by atoms with van der Waals surface area (Å²) in [5.41, 5.74) is 5.67. The number of rotatable bonds is 6. The van der Waals surface area contributed by atoms with Crippen molar-refractivity contribution in [1.82, 2.24) is 4.90 Å². The topological polar surface area (TPSA) is 89.7 Å². The van der Waals surface area contributed by atoms with Crippen LogP contribution < -0.4 is 10.5 Å². The van der Waals surface area contributed by atoms with Crippen molar-refractivity contribution >= 4 is 46.5 Å². The smallest absolute Gasteiger partial charge is 0.293 e. The molecule has 2 rings (SSSR count). The molecule has 1 fully saturated rings. The second-order valence-corrected chi connectivity index (χ2v) is 6.65. The Hall–Kier alpha value is -1.99. The third-order valence-electron chi connectivity index (χ3n) is 3.48. The number of carbonyl (C=O) groups is 3. The predicted molar refractivity (Wildman–Crippen MR) is 93.7 cm³/mol. The Morgan fingerprint density at radius 3 is 2.75 bits per heavy atom. The molecule has 0 saturated carbocycles. The van der Waals surface area contributed by atoms with E-state index in [0.29, 0.717) is 22.6 Å². The number of nitrogens with zero attached hydrogens (tertiary/aromatic N) is 1. The SMILES string of the molecule is CCC(C)N1C(=O)SC(=Cc2ccc(OCC(N)=O)c(Cl)c2)C1=O. The normalized spacial score (nSPS) is 17.5. The van der Waals surface area contributed by atoms with Crippen LogP contribution in [0.25, 0.3) is 6.08 Å². The van der Waals surface area contributed by atoms with Crippen LogP contribution in [0.5, 0.6) is 5.75 Å². The average molecular weight is 369 g/mol. The molecule has 6 nitrogen and oxygen atoms in total. The Bertz CT molecular complexity index is 720. The van der Waals surface area contributed by atoms with Gasteiger partial charge in [0, 0.05) is 6.04 Å². The molecule has 0 radical (unpaired) electrons. The molecule has 2 N–H and O–H groups in total. The third kappa shape index (κ3) is 4.10. The van der Waals surface area contributed by atoms with Gasteiger partial charge in [0.2, 0.25) is 0 Å².